The Balaban J connectivity index is 1.96. The number of nitrogens with zero attached hydrogens (tertiary/aromatic N) is 1. The molecule has 0 bridgehead atoms. The number of halogens is 1. The van der Waals surface area contributed by atoms with Crippen LogP contribution in [0.3, 0.4) is 0 Å². The zero-order chi connectivity index (χ0) is 11.5. The van der Waals surface area contributed by atoms with Crippen molar-refractivity contribution in [2.45, 2.75) is 19.8 Å². The van der Waals surface area contributed by atoms with Crippen LogP contribution >= 0.6 is 15.9 Å². The summed E-state index contributed by atoms with van der Waals surface area (Å²) >= 11 is 3.50. The van der Waals surface area contributed by atoms with Crippen molar-refractivity contribution in [1.29, 1.82) is 0 Å². The minimum atomic E-state index is 0.102. The lowest BCUT2D eigenvalue weighted by Crippen LogP contribution is -2.38. The van der Waals surface area contributed by atoms with E-state index in [-0.39, 0.29) is 5.91 Å². The molecule has 16 heavy (non-hydrogen) atoms. The first-order valence-electron chi connectivity index (χ1n) is 5.61. The van der Waals surface area contributed by atoms with E-state index in [0.717, 1.165) is 42.9 Å². The Kier molecular flexibility index (Phi) is 3.69. The van der Waals surface area contributed by atoms with Gasteiger partial charge in [-0.3, -0.25) is 4.79 Å². The molecule has 0 spiro atoms. The van der Waals surface area contributed by atoms with Crippen LogP contribution in [-0.4, -0.2) is 29.2 Å². The third kappa shape index (κ3) is 2.48. The van der Waals surface area contributed by atoms with Crippen LogP contribution in [0.5, 0.6) is 0 Å². The molecule has 0 atom stereocenters. The Morgan fingerprint density at radius 3 is 2.75 bits per heavy atom. The summed E-state index contributed by atoms with van der Waals surface area (Å²) in [6.07, 6.45) is 3.73. The Morgan fingerprint density at radius 2 is 2.25 bits per heavy atom. The molecule has 1 saturated heterocycles. The fourth-order valence-corrected chi connectivity index (χ4v) is 2.68. The smallest absolute Gasteiger partial charge is 0.257 e. The van der Waals surface area contributed by atoms with Crippen molar-refractivity contribution in [3.63, 3.8) is 0 Å². The highest BCUT2D eigenvalue weighted by Gasteiger charge is 2.23. The number of carbonyl (C=O) groups is 1. The van der Waals surface area contributed by atoms with Crippen LogP contribution in [0.25, 0.3) is 0 Å². The Labute approximate surface area is 104 Å². The summed E-state index contributed by atoms with van der Waals surface area (Å²) < 4.78 is 5.16. The molecule has 3 nitrogen and oxygen atoms in total. The van der Waals surface area contributed by atoms with Gasteiger partial charge in [0, 0.05) is 18.4 Å². The predicted molar refractivity (Wildman–Crippen MR) is 65.9 cm³/mol. The molecule has 0 aromatic carbocycles. The van der Waals surface area contributed by atoms with Crippen LogP contribution < -0.4 is 0 Å². The van der Waals surface area contributed by atoms with Gasteiger partial charge in [-0.1, -0.05) is 15.9 Å². The highest BCUT2D eigenvalue weighted by molar-refractivity contribution is 9.09. The van der Waals surface area contributed by atoms with E-state index in [1.807, 2.05) is 11.8 Å². The number of piperidine rings is 1. The van der Waals surface area contributed by atoms with Crippen LogP contribution in [0.15, 0.2) is 16.7 Å². The largest absolute Gasteiger partial charge is 0.469 e. The normalized spacial score (nSPS) is 17.8. The van der Waals surface area contributed by atoms with Gasteiger partial charge in [0.25, 0.3) is 5.91 Å². The van der Waals surface area contributed by atoms with E-state index in [4.69, 9.17) is 4.42 Å². The minimum absolute atomic E-state index is 0.102. The molecule has 1 aliphatic heterocycles. The van der Waals surface area contributed by atoms with Crippen LogP contribution in [-0.2, 0) is 0 Å². The highest BCUT2D eigenvalue weighted by Crippen LogP contribution is 2.21. The second-order valence-electron chi connectivity index (χ2n) is 4.34. The Hall–Kier alpha value is -0.770. The van der Waals surface area contributed by atoms with Gasteiger partial charge in [0.1, 0.15) is 12.0 Å². The number of carbonyl (C=O) groups excluding carboxylic acids is 1. The predicted octanol–water partition coefficient (Wildman–Crippen LogP) is 2.84. The van der Waals surface area contributed by atoms with Crippen molar-refractivity contribution in [3.8, 4) is 0 Å². The molecule has 2 heterocycles. The van der Waals surface area contributed by atoms with Gasteiger partial charge in [-0.25, -0.2) is 0 Å². The minimum Gasteiger partial charge on any atom is -0.469 e. The molecule has 1 fully saturated rings. The zero-order valence-corrected chi connectivity index (χ0v) is 11.0. The molecule has 4 heteroatoms. The van der Waals surface area contributed by atoms with Crippen LogP contribution in [0.4, 0.5) is 0 Å². The first-order valence-corrected chi connectivity index (χ1v) is 6.73. The molecule has 0 radical (unpaired) electrons. The molecule has 2 rings (SSSR count). The zero-order valence-electron chi connectivity index (χ0n) is 9.41. The monoisotopic (exact) mass is 285 g/mol. The average molecular weight is 286 g/mol. The number of likely N-dealkylation sites (tertiary alicyclic amines) is 1. The van der Waals surface area contributed by atoms with Gasteiger partial charge in [-0.2, -0.15) is 0 Å². The molecule has 1 aromatic heterocycles. The molecule has 0 saturated carbocycles. The van der Waals surface area contributed by atoms with E-state index in [2.05, 4.69) is 15.9 Å². The van der Waals surface area contributed by atoms with Crippen molar-refractivity contribution < 1.29 is 9.21 Å². The van der Waals surface area contributed by atoms with Crippen molar-refractivity contribution in [1.82, 2.24) is 4.90 Å². The van der Waals surface area contributed by atoms with E-state index < -0.39 is 0 Å². The topological polar surface area (TPSA) is 33.5 Å². The Morgan fingerprint density at radius 1 is 1.56 bits per heavy atom. The van der Waals surface area contributed by atoms with Crippen molar-refractivity contribution in [2.24, 2.45) is 5.92 Å². The van der Waals surface area contributed by atoms with E-state index in [1.54, 1.807) is 12.3 Å². The van der Waals surface area contributed by atoms with Gasteiger partial charge in [-0.05, 0) is 31.7 Å². The quantitative estimate of drug-likeness (QED) is 0.783. The SMILES string of the molecule is Cc1cc(C(=O)N2CCC(CBr)CC2)co1. The fraction of sp³-hybridized carbons (Fsp3) is 0.583. The third-order valence-electron chi connectivity index (χ3n) is 3.10. The Bertz CT molecular complexity index is 367. The van der Waals surface area contributed by atoms with Gasteiger partial charge in [0.2, 0.25) is 0 Å². The highest BCUT2D eigenvalue weighted by atomic mass is 79.9. The van der Waals surface area contributed by atoms with Crippen LogP contribution in [0, 0.1) is 12.8 Å². The second kappa shape index (κ2) is 5.04. The molecular weight excluding hydrogens is 270 g/mol. The molecule has 1 aromatic rings. The summed E-state index contributed by atoms with van der Waals surface area (Å²) in [7, 11) is 0. The van der Waals surface area contributed by atoms with Crippen molar-refractivity contribution >= 4 is 21.8 Å². The number of alkyl halides is 1. The number of amides is 1. The molecule has 0 N–H and O–H groups in total. The average Bonchev–Trinajstić information content (AvgIpc) is 2.75. The van der Waals surface area contributed by atoms with Gasteiger partial charge in [-0.15, -0.1) is 0 Å². The fourth-order valence-electron chi connectivity index (χ4n) is 2.03. The molecule has 1 aliphatic rings. The number of rotatable bonds is 2. The lowest BCUT2D eigenvalue weighted by atomic mass is 9.99. The first kappa shape index (κ1) is 11.7. The molecule has 0 unspecified atom stereocenters. The maximum atomic E-state index is 12.1. The standard InChI is InChI=1S/C12H16BrNO2/c1-9-6-11(8-16-9)12(15)14-4-2-10(7-13)3-5-14/h6,8,10H,2-5,7H2,1H3. The van der Waals surface area contributed by atoms with Crippen LogP contribution in [0.2, 0.25) is 0 Å². The summed E-state index contributed by atoms with van der Waals surface area (Å²) in [6, 6.07) is 1.80. The number of aryl methyl sites for hydroxylation is 1. The van der Waals surface area contributed by atoms with Gasteiger partial charge in [0.15, 0.2) is 0 Å². The molecule has 88 valence electrons. The van der Waals surface area contributed by atoms with E-state index in [1.165, 1.54) is 0 Å². The number of hydrogen-bond acceptors (Lipinski definition) is 2. The van der Waals surface area contributed by atoms with Gasteiger partial charge in [0.05, 0.1) is 5.56 Å². The van der Waals surface area contributed by atoms with Crippen molar-refractivity contribution in [3.05, 3.63) is 23.7 Å². The van der Waals surface area contributed by atoms with Gasteiger partial charge < -0.3 is 9.32 Å². The summed E-state index contributed by atoms with van der Waals surface area (Å²) in [4.78, 5) is 14.0. The maximum Gasteiger partial charge on any atom is 0.257 e. The van der Waals surface area contributed by atoms with E-state index >= 15 is 0 Å². The second-order valence-corrected chi connectivity index (χ2v) is 4.98. The molecular formula is C12H16BrNO2. The molecule has 1 amide bonds. The summed E-state index contributed by atoms with van der Waals surface area (Å²) in [5, 5.41) is 1.04. The summed E-state index contributed by atoms with van der Waals surface area (Å²) in [6.45, 7) is 3.58. The third-order valence-corrected chi connectivity index (χ3v) is 4.01. The van der Waals surface area contributed by atoms with E-state index in [9.17, 15) is 4.79 Å². The maximum absolute atomic E-state index is 12.1. The summed E-state index contributed by atoms with van der Waals surface area (Å²) in [5.74, 6) is 1.61. The first-order chi connectivity index (χ1) is 7.70. The lowest BCUT2D eigenvalue weighted by molar-refractivity contribution is 0.0698. The van der Waals surface area contributed by atoms with E-state index in [0.29, 0.717) is 5.56 Å². The number of hydrogen-bond donors (Lipinski definition) is 0. The number of furan rings is 1. The lowest BCUT2D eigenvalue weighted by Gasteiger charge is -2.30. The van der Waals surface area contributed by atoms with Gasteiger partial charge >= 0.3 is 0 Å². The van der Waals surface area contributed by atoms with Crippen LogP contribution in [0.1, 0.15) is 29.0 Å². The summed E-state index contributed by atoms with van der Waals surface area (Å²) in [5.41, 5.74) is 0.676. The molecule has 0 aliphatic carbocycles. The van der Waals surface area contributed by atoms with Crippen molar-refractivity contribution in [2.75, 3.05) is 18.4 Å².